The highest BCUT2D eigenvalue weighted by molar-refractivity contribution is 7.14. The molecule has 0 saturated heterocycles. The van der Waals surface area contributed by atoms with Gasteiger partial charge in [-0.2, -0.15) is 0 Å². The summed E-state index contributed by atoms with van der Waals surface area (Å²) in [7, 11) is 1.60. The van der Waals surface area contributed by atoms with Gasteiger partial charge in [-0.15, -0.1) is 11.3 Å². The van der Waals surface area contributed by atoms with Crippen molar-refractivity contribution < 1.29 is 14.3 Å². The summed E-state index contributed by atoms with van der Waals surface area (Å²) in [5.41, 5.74) is 1.71. The molecule has 2 N–H and O–H groups in total. The van der Waals surface area contributed by atoms with Crippen molar-refractivity contribution in [3.05, 3.63) is 48.0 Å². The van der Waals surface area contributed by atoms with E-state index in [9.17, 15) is 4.79 Å². The summed E-state index contributed by atoms with van der Waals surface area (Å²) in [5.74, 6) is 1.09. The van der Waals surface area contributed by atoms with Crippen molar-refractivity contribution in [1.82, 2.24) is 9.97 Å². The van der Waals surface area contributed by atoms with Gasteiger partial charge in [-0.05, 0) is 36.4 Å². The van der Waals surface area contributed by atoms with Gasteiger partial charge in [0.2, 0.25) is 0 Å². The predicted octanol–water partition coefficient (Wildman–Crippen LogP) is 3.16. The van der Waals surface area contributed by atoms with Gasteiger partial charge >= 0.3 is 0 Å². The van der Waals surface area contributed by atoms with Crippen LogP contribution in [0, 0.1) is 0 Å². The molecule has 0 aliphatic carbocycles. The number of ether oxygens (including phenoxy) is 2. The van der Waals surface area contributed by atoms with Crippen molar-refractivity contribution in [2.45, 2.75) is 0 Å². The van der Waals surface area contributed by atoms with Crippen LogP contribution < -0.4 is 14.8 Å². The van der Waals surface area contributed by atoms with Crippen LogP contribution in [0.4, 0.5) is 5.13 Å². The Kier molecular flexibility index (Phi) is 4.58. The fraction of sp³-hybridized carbons (Fsp3) is 0.125. The molecule has 0 radical (unpaired) electrons. The SMILES string of the molecule is COc1ccc(OCC(=O)Nc2nc(-c3ccc[nH]3)cs2)cc1. The van der Waals surface area contributed by atoms with Gasteiger partial charge in [-0.1, -0.05) is 0 Å². The van der Waals surface area contributed by atoms with Crippen LogP contribution in [0.5, 0.6) is 11.5 Å². The third-order valence-electron chi connectivity index (χ3n) is 3.05. The normalized spacial score (nSPS) is 10.3. The first-order valence-electron chi connectivity index (χ1n) is 6.90. The van der Waals surface area contributed by atoms with E-state index in [1.54, 1.807) is 31.4 Å². The number of benzene rings is 1. The molecule has 23 heavy (non-hydrogen) atoms. The molecule has 0 spiro atoms. The molecular weight excluding hydrogens is 314 g/mol. The third kappa shape index (κ3) is 3.89. The van der Waals surface area contributed by atoms with Gasteiger partial charge in [0.1, 0.15) is 11.5 Å². The van der Waals surface area contributed by atoms with Crippen LogP contribution in [0.1, 0.15) is 0 Å². The standard InChI is InChI=1S/C16H15N3O3S/c1-21-11-4-6-12(7-5-11)22-9-15(20)19-16-18-14(10-23-16)13-3-2-8-17-13/h2-8,10,17H,9H2,1H3,(H,18,19,20). The molecule has 0 saturated carbocycles. The Morgan fingerprint density at radius 3 is 2.74 bits per heavy atom. The van der Waals surface area contributed by atoms with E-state index in [1.165, 1.54) is 11.3 Å². The average Bonchev–Trinajstić information content (AvgIpc) is 3.24. The number of carbonyl (C=O) groups excluding carboxylic acids is 1. The van der Waals surface area contributed by atoms with Crippen LogP contribution in [0.2, 0.25) is 0 Å². The first-order valence-corrected chi connectivity index (χ1v) is 7.78. The number of nitrogens with zero attached hydrogens (tertiary/aromatic N) is 1. The van der Waals surface area contributed by atoms with Gasteiger partial charge in [0, 0.05) is 11.6 Å². The number of hydrogen-bond donors (Lipinski definition) is 2. The van der Waals surface area contributed by atoms with Crippen LogP contribution in [-0.4, -0.2) is 29.6 Å². The van der Waals surface area contributed by atoms with Crippen LogP contribution >= 0.6 is 11.3 Å². The monoisotopic (exact) mass is 329 g/mol. The maximum Gasteiger partial charge on any atom is 0.264 e. The molecule has 7 heteroatoms. The molecule has 0 bridgehead atoms. The Balaban J connectivity index is 1.53. The molecule has 1 aromatic carbocycles. The number of H-pyrrole nitrogens is 1. The summed E-state index contributed by atoms with van der Waals surface area (Å²) >= 11 is 1.37. The highest BCUT2D eigenvalue weighted by Gasteiger charge is 2.09. The number of carbonyl (C=O) groups is 1. The second-order valence-corrected chi connectivity index (χ2v) is 5.49. The Labute approximate surface area is 137 Å². The summed E-state index contributed by atoms with van der Waals surface area (Å²) in [6.07, 6.45) is 1.83. The lowest BCUT2D eigenvalue weighted by atomic mass is 10.3. The van der Waals surface area contributed by atoms with Gasteiger partial charge in [-0.3, -0.25) is 10.1 Å². The lowest BCUT2D eigenvalue weighted by Crippen LogP contribution is -2.20. The molecule has 6 nitrogen and oxygen atoms in total. The fourth-order valence-electron chi connectivity index (χ4n) is 1.92. The third-order valence-corrected chi connectivity index (χ3v) is 3.81. The first-order chi connectivity index (χ1) is 11.2. The van der Waals surface area contributed by atoms with E-state index in [4.69, 9.17) is 9.47 Å². The smallest absolute Gasteiger partial charge is 0.264 e. The summed E-state index contributed by atoms with van der Waals surface area (Å²) in [6.45, 7) is -0.0796. The van der Waals surface area contributed by atoms with E-state index in [1.807, 2.05) is 23.7 Å². The number of rotatable bonds is 6. The summed E-state index contributed by atoms with van der Waals surface area (Å²) in [6, 6.07) is 10.9. The zero-order valence-electron chi connectivity index (χ0n) is 12.4. The van der Waals surface area contributed by atoms with Gasteiger partial charge in [-0.25, -0.2) is 4.98 Å². The zero-order chi connectivity index (χ0) is 16.1. The molecule has 0 aliphatic rings. The second kappa shape index (κ2) is 6.97. The summed E-state index contributed by atoms with van der Waals surface area (Å²) < 4.78 is 10.5. The Hall–Kier alpha value is -2.80. The Bertz CT molecular complexity index is 766. The van der Waals surface area contributed by atoms with Gasteiger partial charge in [0.25, 0.3) is 5.91 Å². The highest BCUT2D eigenvalue weighted by Crippen LogP contribution is 2.23. The predicted molar refractivity (Wildman–Crippen MR) is 89.0 cm³/mol. The Morgan fingerprint density at radius 1 is 1.26 bits per heavy atom. The second-order valence-electron chi connectivity index (χ2n) is 4.63. The first kappa shape index (κ1) is 15.1. The topological polar surface area (TPSA) is 76.2 Å². The molecular formula is C16H15N3O3S. The van der Waals surface area contributed by atoms with E-state index in [2.05, 4.69) is 15.3 Å². The van der Waals surface area contributed by atoms with Gasteiger partial charge in [0.05, 0.1) is 18.5 Å². The maximum absolute atomic E-state index is 11.9. The number of nitrogens with one attached hydrogen (secondary N) is 2. The quantitative estimate of drug-likeness (QED) is 0.728. The van der Waals surface area contributed by atoms with E-state index in [0.29, 0.717) is 10.9 Å². The number of amides is 1. The number of anilines is 1. The van der Waals surface area contributed by atoms with Crippen molar-refractivity contribution in [3.63, 3.8) is 0 Å². The van der Waals surface area contributed by atoms with E-state index in [-0.39, 0.29) is 12.5 Å². The molecule has 118 valence electrons. The highest BCUT2D eigenvalue weighted by atomic mass is 32.1. The molecule has 1 amide bonds. The fourth-order valence-corrected chi connectivity index (χ4v) is 2.65. The van der Waals surface area contributed by atoms with Crippen molar-refractivity contribution in [3.8, 4) is 22.9 Å². The molecule has 0 atom stereocenters. The molecule has 3 rings (SSSR count). The molecule has 2 heterocycles. The van der Waals surface area contributed by atoms with Crippen molar-refractivity contribution >= 4 is 22.4 Å². The number of aromatic nitrogens is 2. The lowest BCUT2D eigenvalue weighted by molar-refractivity contribution is -0.118. The van der Waals surface area contributed by atoms with E-state index < -0.39 is 0 Å². The summed E-state index contributed by atoms with van der Waals surface area (Å²) in [5, 5.41) is 5.14. The molecule has 2 aromatic heterocycles. The van der Waals surface area contributed by atoms with Crippen LogP contribution in [0.25, 0.3) is 11.4 Å². The van der Waals surface area contributed by atoms with Crippen LogP contribution in [0.3, 0.4) is 0 Å². The molecule has 0 unspecified atom stereocenters. The minimum absolute atomic E-state index is 0.0796. The molecule has 3 aromatic rings. The average molecular weight is 329 g/mol. The largest absolute Gasteiger partial charge is 0.497 e. The molecule has 0 aliphatic heterocycles. The maximum atomic E-state index is 11.9. The zero-order valence-corrected chi connectivity index (χ0v) is 13.2. The van der Waals surface area contributed by atoms with Gasteiger partial charge < -0.3 is 14.5 Å². The Morgan fingerprint density at radius 2 is 2.04 bits per heavy atom. The van der Waals surface area contributed by atoms with Crippen molar-refractivity contribution in [1.29, 1.82) is 0 Å². The number of aromatic amines is 1. The van der Waals surface area contributed by atoms with Crippen LogP contribution in [0.15, 0.2) is 48.0 Å². The number of thiazole rings is 1. The van der Waals surface area contributed by atoms with Crippen LogP contribution in [-0.2, 0) is 4.79 Å². The minimum atomic E-state index is -0.256. The van der Waals surface area contributed by atoms with E-state index in [0.717, 1.165) is 17.1 Å². The minimum Gasteiger partial charge on any atom is -0.497 e. The molecule has 0 fully saturated rings. The summed E-state index contributed by atoms with van der Waals surface area (Å²) in [4.78, 5) is 19.3. The van der Waals surface area contributed by atoms with Crippen molar-refractivity contribution in [2.24, 2.45) is 0 Å². The lowest BCUT2D eigenvalue weighted by Gasteiger charge is -2.06. The number of hydrogen-bond acceptors (Lipinski definition) is 5. The van der Waals surface area contributed by atoms with E-state index >= 15 is 0 Å². The van der Waals surface area contributed by atoms with Gasteiger partial charge in [0.15, 0.2) is 11.7 Å². The van der Waals surface area contributed by atoms with Crippen molar-refractivity contribution in [2.75, 3.05) is 19.0 Å². The number of methoxy groups -OCH3 is 1.